The van der Waals surface area contributed by atoms with Gasteiger partial charge in [0.05, 0.1) is 5.41 Å². The lowest BCUT2D eigenvalue weighted by Gasteiger charge is -2.35. The van der Waals surface area contributed by atoms with Gasteiger partial charge < -0.3 is 5.11 Å². The highest BCUT2D eigenvalue weighted by atomic mass is 16.4. The van der Waals surface area contributed by atoms with E-state index in [-0.39, 0.29) is 0 Å². The lowest BCUT2D eigenvalue weighted by atomic mass is 9.82. The van der Waals surface area contributed by atoms with Crippen LogP contribution in [0.25, 0.3) is 0 Å². The Hall–Kier alpha value is -0.570. The average Bonchev–Trinajstić information content (AvgIpc) is 2.48. The molecule has 0 aromatic heterocycles. The molecule has 0 bridgehead atoms. The molecule has 0 radical (unpaired) electrons. The lowest BCUT2D eigenvalue weighted by Crippen LogP contribution is -2.41. The van der Waals surface area contributed by atoms with Gasteiger partial charge in [-0.3, -0.25) is 9.69 Å². The molecule has 1 unspecified atom stereocenters. The largest absolute Gasteiger partial charge is 0.481 e. The Kier molecular flexibility index (Phi) is 3.01. The third-order valence-corrected chi connectivity index (χ3v) is 4.16. The molecule has 1 saturated carbocycles. The molecule has 3 heteroatoms. The normalized spacial score (nSPS) is 32.9. The topological polar surface area (TPSA) is 40.5 Å². The number of carboxylic acid groups (broad SMARTS) is 1. The molecule has 0 aromatic rings. The van der Waals surface area contributed by atoms with E-state index in [4.69, 9.17) is 0 Å². The Bertz CT molecular complexity index is 250. The molecule has 1 saturated heterocycles. The molecule has 1 aliphatic heterocycles. The Morgan fingerprint density at radius 1 is 1.53 bits per heavy atom. The Morgan fingerprint density at radius 2 is 2.27 bits per heavy atom. The van der Waals surface area contributed by atoms with E-state index in [9.17, 15) is 9.90 Å². The molecule has 2 rings (SSSR count). The molecule has 3 nitrogen and oxygen atoms in total. The highest BCUT2D eigenvalue weighted by Crippen LogP contribution is 2.39. The molecule has 1 N–H and O–H groups in total. The maximum atomic E-state index is 11.4. The fourth-order valence-electron chi connectivity index (χ4n) is 2.93. The van der Waals surface area contributed by atoms with Gasteiger partial charge in [-0.15, -0.1) is 0 Å². The van der Waals surface area contributed by atoms with E-state index in [2.05, 4.69) is 11.8 Å². The SMILES string of the molecule is CCCC1(C(=O)O)CCN(C2CCC2)C1. The number of carboxylic acids is 1. The van der Waals surface area contributed by atoms with Gasteiger partial charge in [-0.25, -0.2) is 0 Å². The van der Waals surface area contributed by atoms with Crippen LogP contribution in [0.2, 0.25) is 0 Å². The van der Waals surface area contributed by atoms with Crippen molar-refractivity contribution in [2.24, 2.45) is 5.41 Å². The number of nitrogens with zero attached hydrogens (tertiary/aromatic N) is 1. The Labute approximate surface area is 91.5 Å². The van der Waals surface area contributed by atoms with Gasteiger partial charge in [-0.05, 0) is 32.2 Å². The Morgan fingerprint density at radius 3 is 2.73 bits per heavy atom. The number of carbonyl (C=O) groups is 1. The number of hydrogen-bond acceptors (Lipinski definition) is 2. The van der Waals surface area contributed by atoms with Crippen molar-refractivity contribution in [1.29, 1.82) is 0 Å². The summed E-state index contributed by atoms with van der Waals surface area (Å²) in [6.07, 6.45) is 6.56. The highest BCUT2D eigenvalue weighted by molar-refractivity contribution is 5.75. The molecule has 0 spiro atoms. The molecule has 2 fully saturated rings. The second-order valence-electron chi connectivity index (χ2n) is 5.14. The number of hydrogen-bond donors (Lipinski definition) is 1. The summed E-state index contributed by atoms with van der Waals surface area (Å²) in [7, 11) is 0. The quantitative estimate of drug-likeness (QED) is 0.774. The van der Waals surface area contributed by atoms with Crippen molar-refractivity contribution in [2.45, 2.75) is 51.5 Å². The van der Waals surface area contributed by atoms with Gasteiger partial charge in [0.2, 0.25) is 0 Å². The van der Waals surface area contributed by atoms with Crippen molar-refractivity contribution >= 4 is 5.97 Å². The molecule has 1 aliphatic carbocycles. The second kappa shape index (κ2) is 4.12. The molecule has 1 heterocycles. The molecule has 86 valence electrons. The zero-order chi connectivity index (χ0) is 10.9. The van der Waals surface area contributed by atoms with E-state index < -0.39 is 11.4 Å². The van der Waals surface area contributed by atoms with Crippen LogP contribution in [0.15, 0.2) is 0 Å². The zero-order valence-electron chi connectivity index (χ0n) is 9.54. The minimum absolute atomic E-state index is 0.426. The van der Waals surface area contributed by atoms with Crippen LogP contribution < -0.4 is 0 Å². The predicted octanol–water partition coefficient (Wildman–Crippen LogP) is 2.12. The van der Waals surface area contributed by atoms with Crippen LogP contribution in [0.5, 0.6) is 0 Å². The Balaban J connectivity index is 1.99. The van der Waals surface area contributed by atoms with Crippen molar-refractivity contribution in [3.8, 4) is 0 Å². The monoisotopic (exact) mass is 211 g/mol. The maximum Gasteiger partial charge on any atom is 0.310 e. The van der Waals surface area contributed by atoms with E-state index >= 15 is 0 Å². The second-order valence-corrected chi connectivity index (χ2v) is 5.14. The van der Waals surface area contributed by atoms with Crippen LogP contribution in [-0.4, -0.2) is 35.1 Å². The van der Waals surface area contributed by atoms with E-state index in [0.717, 1.165) is 32.4 Å². The van der Waals surface area contributed by atoms with Crippen molar-refractivity contribution in [3.05, 3.63) is 0 Å². The fourth-order valence-corrected chi connectivity index (χ4v) is 2.93. The first kappa shape index (κ1) is 10.9. The zero-order valence-corrected chi connectivity index (χ0v) is 9.54. The standard InChI is InChI=1S/C12H21NO2/c1-2-6-12(11(14)15)7-8-13(9-12)10-4-3-5-10/h10H,2-9H2,1H3,(H,14,15). The third kappa shape index (κ3) is 1.89. The first-order valence-corrected chi connectivity index (χ1v) is 6.15. The molecule has 0 aromatic carbocycles. The van der Waals surface area contributed by atoms with Crippen molar-refractivity contribution in [1.82, 2.24) is 4.90 Å². The van der Waals surface area contributed by atoms with Crippen molar-refractivity contribution in [3.63, 3.8) is 0 Å². The summed E-state index contributed by atoms with van der Waals surface area (Å²) >= 11 is 0. The average molecular weight is 211 g/mol. The first-order chi connectivity index (χ1) is 7.18. The first-order valence-electron chi connectivity index (χ1n) is 6.15. The summed E-state index contributed by atoms with van der Waals surface area (Å²) in [4.78, 5) is 13.8. The van der Waals surface area contributed by atoms with Crippen molar-refractivity contribution in [2.75, 3.05) is 13.1 Å². The summed E-state index contributed by atoms with van der Waals surface area (Å²) in [6, 6.07) is 0.697. The molecule has 2 aliphatic rings. The van der Waals surface area contributed by atoms with E-state index in [1.54, 1.807) is 0 Å². The van der Waals surface area contributed by atoms with Crippen LogP contribution in [0.4, 0.5) is 0 Å². The molecule has 15 heavy (non-hydrogen) atoms. The predicted molar refractivity (Wildman–Crippen MR) is 58.8 cm³/mol. The van der Waals surface area contributed by atoms with E-state index in [1.165, 1.54) is 19.3 Å². The summed E-state index contributed by atoms with van der Waals surface area (Å²) in [5.41, 5.74) is -0.426. The van der Waals surface area contributed by atoms with Gasteiger partial charge in [0, 0.05) is 12.6 Å². The molecule has 1 atom stereocenters. The van der Waals surface area contributed by atoms with Crippen LogP contribution >= 0.6 is 0 Å². The minimum atomic E-state index is -0.578. The number of aliphatic carboxylic acids is 1. The van der Waals surface area contributed by atoms with Crippen molar-refractivity contribution < 1.29 is 9.90 Å². The van der Waals surface area contributed by atoms with Gasteiger partial charge in [0.25, 0.3) is 0 Å². The summed E-state index contributed by atoms with van der Waals surface area (Å²) < 4.78 is 0. The van der Waals surface area contributed by atoms with Gasteiger partial charge in [0.15, 0.2) is 0 Å². The maximum absolute atomic E-state index is 11.4. The van der Waals surface area contributed by atoms with Crippen LogP contribution in [-0.2, 0) is 4.79 Å². The molecule has 0 amide bonds. The fraction of sp³-hybridized carbons (Fsp3) is 0.917. The summed E-state index contributed by atoms with van der Waals surface area (Å²) in [5, 5.41) is 9.36. The molecular formula is C12H21NO2. The van der Waals surface area contributed by atoms with E-state index in [1.807, 2.05) is 0 Å². The van der Waals surface area contributed by atoms with Gasteiger partial charge in [-0.1, -0.05) is 19.8 Å². The van der Waals surface area contributed by atoms with Crippen LogP contribution in [0.1, 0.15) is 45.4 Å². The third-order valence-electron chi connectivity index (χ3n) is 4.16. The van der Waals surface area contributed by atoms with Gasteiger partial charge in [-0.2, -0.15) is 0 Å². The summed E-state index contributed by atoms with van der Waals surface area (Å²) in [5.74, 6) is -0.578. The van der Waals surface area contributed by atoms with Crippen LogP contribution in [0, 0.1) is 5.41 Å². The number of likely N-dealkylation sites (tertiary alicyclic amines) is 1. The lowest BCUT2D eigenvalue weighted by molar-refractivity contribution is -0.148. The minimum Gasteiger partial charge on any atom is -0.481 e. The molecular weight excluding hydrogens is 190 g/mol. The summed E-state index contributed by atoms with van der Waals surface area (Å²) in [6.45, 7) is 3.87. The van der Waals surface area contributed by atoms with E-state index in [0.29, 0.717) is 6.04 Å². The number of rotatable bonds is 4. The highest BCUT2D eigenvalue weighted by Gasteiger charge is 2.46. The van der Waals surface area contributed by atoms with Crippen LogP contribution in [0.3, 0.4) is 0 Å². The van der Waals surface area contributed by atoms with Gasteiger partial charge in [0.1, 0.15) is 0 Å². The van der Waals surface area contributed by atoms with Gasteiger partial charge >= 0.3 is 5.97 Å². The smallest absolute Gasteiger partial charge is 0.310 e.